The second kappa shape index (κ2) is 11.3. The van der Waals surface area contributed by atoms with Crippen molar-refractivity contribution in [2.24, 2.45) is 0 Å². The minimum atomic E-state index is -4.36. The first-order valence-electron chi connectivity index (χ1n) is 14.2. The molecule has 214 valence electrons. The highest BCUT2D eigenvalue weighted by Gasteiger charge is 2.30. The highest BCUT2D eigenvalue weighted by Crippen LogP contribution is 2.37. The topological polar surface area (TPSA) is 49.2 Å². The molecule has 0 amide bonds. The summed E-state index contributed by atoms with van der Waals surface area (Å²) in [5, 5.41) is 12.2. The van der Waals surface area contributed by atoms with Crippen molar-refractivity contribution in [3.63, 3.8) is 0 Å². The van der Waals surface area contributed by atoms with Gasteiger partial charge in [-0.25, -0.2) is 0 Å². The van der Waals surface area contributed by atoms with E-state index in [4.69, 9.17) is 0 Å². The number of aromatic nitrogens is 3. The number of halogens is 3. The van der Waals surface area contributed by atoms with Gasteiger partial charge in [0.05, 0.1) is 17.3 Å². The van der Waals surface area contributed by atoms with E-state index in [1.54, 1.807) is 0 Å². The lowest BCUT2D eigenvalue weighted by Crippen LogP contribution is -2.45. The standard InChI is InChI=1S/C32H35F3N6/c1-22-37-38-31-14-12-29(36-27-10-8-26(9-11-27)32(33,34)35)28-21-25(7-13-30(28)41(22)31)24-5-3-23(4-6-24)15-16-40-19-17-39(2)18-20-40/h3-11,13,21,29,36H,12,14-20H2,1-2H3. The summed E-state index contributed by atoms with van der Waals surface area (Å²) in [6.07, 6.45) is -1.89. The maximum atomic E-state index is 13.1. The zero-order chi connectivity index (χ0) is 28.6. The van der Waals surface area contributed by atoms with Crippen LogP contribution in [0.2, 0.25) is 0 Å². The first-order chi connectivity index (χ1) is 19.7. The minimum Gasteiger partial charge on any atom is -0.378 e. The number of nitrogens with zero attached hydrogens (tertiary/aromatic N) is 5. The molecule has 1 saturated heterocycles. The van der Waals surface area contributed by atoms with E-state index in [1.807, 2.05) is 6.92 Å². The molecule has 0 radical (unpaired) electrons. The van der Waals surface area contributed by atoms with Gasteiger partial charge in [-0.15, -0.1) is 10.2 Å². The summed E-state index contributed by atoms with van der Waals surface area (Å²) >= 11 is 0. The highest BCUT2D eigenvalue weighted by molar-refractivity contribution is 5.68. The van der Waals surface area contributed by atoms with Gasteiger partial charge in [0, 0.05) is 44.8 Å². The van der Waals surface area contributed by atoms with Gasteiger partial charge in [-0.05, 0) is 85.5 Å². The average Bonchev–Trinajstić information content (AvgIpc) is 3.26. The number of alkyl halides is 3. The number of piperazine rings is 1. The summed E-state index contributed by atoms with van der Waals surface area (Å²) in [6.45, 7) is 7.52. The van der Waals surface area contributed by atoms with Crippen molar-refractivity contribution < 1.29 is 13.2 Å². The quantitative estimate of drug-likeness (QED) is 0.307. The van der Waals surface area contributed by atoms with Crippen LogP contribution in [0.3, 0.4) is 0 Å². The van der Waals surface area contributed by atoms with E-state index in [9.17, 15) is 13.2 Å². The summed E-state index contributed by atoms with van der Waals surface area (Å²) in [5.41, 5.74) is 5.63. The van der Waals surface area contributed by atoms with E-state index in [2.05, 4.69) is 79.4 Å². The summed E-state index contributed by atoms with van der Waals surface area (Å²) in [5.74, 6) is 1.70. The van der Waals surface area contributed by atoms with Crippen LogP contribution in [-0.4, -0.2) is 64.3 Å². The molecule has 4 aromatic rings. The molecule has 41 heavy (non-hydrogen) atoms. The average molecular weight is 561 g/mol. The molecule has 9 heteroatoms. The zero-order valence-corrected chi connectivity index (χ0v) is 23.5. The molecule has 0 aliphatic carbocycles. The molecule has 2 aliphatic rings. The van der Waals surface area contributed by atoms with Crippen LogP contribution >= 0.6 is 0 Å². The maximum absolute atomic E-state index is 13.1. The van der Waals surface area contributed by atoms with Crippen LogP contribution in [0.25, 0.3) is 16.8 Å². The number of fused-ring (bicyclic) bond motifs is 3. The fraction of sp³-hybridized carbons (Fsp3) is 0.375. The maximum Gasteiger partial charge on any atom is 0.416 e. The lowest BCUT2D eigenvalue weighted by molar-refractivity contribution is -0.137. The smallest absolute Gasteiger partial charge is 0.378 e. The van der Waals surface area contributed by atoms with Gasteiger partial charge < -0.3 is 15.1 Å². The van der Waals surface area contributed by atoms with Crippen molar-refractivity contribution in [2.45, 2.75) is 38.4 Å². The van der Waals surface area contributed by atoms with E-state index in [0.717, 1.165) is 91.7 Å². The van der Waals surface area contributed by atoms with Gasteiger partial charge in [-0.2, -0.15) is 13.2 Å². The molecule has 1 unspecified atom stereocenters. The Labute approximate surface area is 238 Å². The molecule has 1 atom stereocenters. The number of rotatable bonds is 6. The first kappa shape index (κ1) is 27.5. The van der Waals surface area contributed by atoms with Gasteiger partial charge in [-0.3, -0.25) is 4.57 Å². The lowest BCUT2D eigenvalue weighted by Gasteiger charge is -2.32. The number of hydrogen-bond donors (Lipinski definition) is 1. The first-order valence-corrected chi connectivity index (χ1v) is 14.2. The Morgan fingerprint density at radius 1 is 0.878 bits per heavy atom. The van der Waals surface area contributed by atoms with Gasteiger partial charge in [0.25, 0.3) is 0 Å². The fourth-order valence-electron chi connectivity index (χ4n) is 5.86. The fourth-order valence-corrected chi connectivity index (χ4v) is 5.86. The van der Waals surface area contributed by atoms with Crippen LogP contribution in [0.1, 0.15) is 40.8 Å². The Morgan fingerprint density at radius 2 is 1.59 bits per heavy atom. The van der Waals surface area contributed by atoms with Crippen LogP contribution in [0.4, 0.5) is 18.9 Å². The van der Waals surface area contributed by atoms with Crippen LogP contribution in [0, 0.1) is 6.92 Å². The Kier molecular flexibility index (Phi) is 7.57. The van der Waals surface area contributed by atoms with Gasteiger partial charge in [0.1, 0.15) is 11.6 Å². The Morgan fingerprint density at radius 3 is 2.29 bits per heavy atom. The van der Waals surface area contributed by atoms with E-state index < -0.39 is 11.7 Å². The highest BCUT2D eigenvalue weighted by atomic mass is 19.4. The van der Waals surface area contributed by atoms with Gasteiger partial charge in [0.2, 0.25) is 0 Å². The van der Waals surface area contributed by atoms with Crippen molar-refractivity contribution in [1.29, 1.82) is 0 Å². The Balaban J connectivity index is 1.25. The molecular weight excluding hydrogens is 525 g/mol. The number of likely N-dealkylation sites (N-methyl/N-ethyl adjacent to an activating group) is 1. The monoisotopic (exact) mass is 560 g/mol. The van der Waals surface area contributed by atoms with E-state index in [1.165, 1.54) is 17.7 Å². The van der Waals surface area contributed by atoms with E-state index in [-0.39, 0.29) is 6.04 Å². The molecule has 1 N–H and O–H groups in total. The Hall–Kier alpha value is -3.69. The molecule has 1 aromatic heterocycles. The van der Waals surface area contributed by atoms with Gasteiger partial charge in [0.15, 0.2) is 0 Å². The molecule has 3 heterocycles. The molecule has 1 fully saturated rings. The third-order valence-corrected chi connectivity index (χ3v) is 8.35. The summed E-state index contributed by atoms with van der Waals surface area (Å²) in [7, 11) is 2.18. The molecule has 2 aliphatic heterocycles. The van der Waals surface area contributed by atoms with Crippen molar-refractivity contribution in [3.8, 4) is 16.8 Å². The van der Waals surface area contributed by atoms with Crippen molar-refractivity contribution in [1.82, 2.24) is 24.6 Å². The van der Waals surface area contributed by atoms with Crippen molar-refractivity contribution in [2.75, 3.05) is 45.1 Å². The number of aryl methyl sites for hydroxylation is 2. The van der Waals surface area contributed by atoms with E-state index in [0.29, 0.717) is 12.1 Å². The number of benzene rings is 3. The summed E-state index contributed by atoms with van der Waals surface area (Å²) in [4.78, 5) is 4.91. The molecule has 0 spiro atoms. The minimum absolute atomic E-state index is 0.106. The molecule has 3 aromatic carbocycles. The SMILES string of the molecule is Cc1nnc2n1-c1ccc(-c3ccc(CCN4CCN(C)CC4)cc3)cc1C(Nc1ccc(C(F)(F)F)cc1)CC2. The lowest BCUT2D eigenvalue weighted by atomic mass is 9.95. The molecular formula is C32H35F3N6. The normalized spacial score (nSPS) is 18.0. The van der Waals surface area contributed by atoms with Crippen LogP contribution in [0.15, 0.2) is 66.7 Å². The number of anilines is 1. The summed E-state index contributed by atoms with van der Waals surface area (Å²) in [6, 6.07) is 20.4. The van der Waals surface area contributed by atoms with Crippen molar-refractivity contribution >= 4 is 5.69 Å². The number of nitrogens with one attached hydrogen (secondary N) is 1. The molecule has 0 bridgehead atoms. The third kappa shape index (κ3) is 6.01. The van der Waals surface area contributed by atoms with E-state index >= 15 is 0 Å². The predicted molar refractivity (Wildman–Crippen MR) is 155 cm³/mol. The van der Waals surface area contributed by atoms with Crippen LogP contribution < -0.4 is 5.32 Å². The van der Waals surface area contributed by atoms with Gasteiger partial charge >= 0.3 is 6.18 Å². The zero-order valence-electron chi connectivity index (χ0n) is 23.5. The summed E-state index contributed by atoms with van der Waals surface area (Å²) < 4.78 is 41.4. The van der Waals surface area contributed by atoms with Crippen LogP contribution in [-0.2, 0) is 19.0 Å². The van der Waals surface area contributed by atoms with Crippen LogP contribution in [0.5, 0.6) is 0 Å². The second-order valence-electron chi connectivity index (χ2n) is 11.2. The van der Waals surface area contributed by atoms with Gasteiger partial charge in [-0.1, -0.05) is 30.3 Å². The Bertz CT molecular complexity index is 1490. The predicted octanol–water partition coefficient (Wildman–Crippen LogP) is 6.15. The second-order valence-corrected chi connectivity index (χ2v) is 11.2. The molecule has 6 rings (SSSR count). The largest absolute Gasteiger partial charge is 0.416 e. The molecule has 0 saturated carbocycles. The molecule has 6 nitrogen and oxygen atoms in total. The van der Waals surface area contributed by atoms with Crippen molar-refractivity contribution in [3.05, 3.63) is 95.1 Å². The number of hydrogen-bond acceptors (Lipinski definition) is 5. The third-order valence-electron chi connectivity index (χ3n) is 8.35.